The zero-order valence-corrected chi connectivity index (χ0v) is 12.8. The largest absolute Gasteiger partial charge is 0.356 e. The predicted octanol–water partition coefficient (Wildman–Crippen LogP) is 5.91. The third-order valence-corrected chi connectivity index (χ3v) is 5.14. The smallest absolute Gasteiger partial charge is 0.0391 e. The molecule has 0 spiro atoms. The summed E-state index contributed by atoms with van der Waals surface area (Å²) in [5.41, 5.74) is 5.12. The summed E-state index contributed by atoms with van der Waals surface area (Å²) >= 11 is 1.90. The van der Waals surface area contributed by atoms with Gasteiger partial charge in [0, 0.05) is 21.0 Å². The number of aryl methyl sites for hydroxylation is 2. The number of thiophene rings is 1. The Labute approximate surface area is 128 Å². The Kier molecular flexibility index (Phi) is 3.04. The topological polar surface area (TPSA) is 12.0 Å². The second-order valence-electron chi connectivity index (χ2n) is 5.59. The van der Waals surface area contributed by atoms with Crippen LogP contribution in [0.25, 0.3) is 16.2 Å². The lowest BCUT2D eigenvalue weighted by atomic mass is 10.0. The molecule has 0 unspecified atom stereocenters. The summed E-state index contributed by atoms with van der Waals surface area (Å²) in [7, 11) is 0. The molecule has 21 heavy (non-hydrogen) atoms. The van der Waals surface area contributed by atoms with Gasteiger partial charge in [-0.3, -0.25) is 0 Å². The number of allylic oxidation sites excluding steroid dienone is 1. The Morgan fingerprint density at radius 1 is 1.05 bits per heavy atom. The maximum atomic E-state index is 3.52. The molecular weight excluding hydrogens is 274 g/mol. The van der Waals surface area contributed by atoms with E-state index in [1.165, 1.54) is 38.2 Å². The highest BCUT2D eigenvalue weighted by atomic mass is 32.1. The fourth-order valence-electron chi connectivity index (χ4n) is 2.95. The molecule has 1 aliphatic carbocycles. The summed E-state index contributed by atoms with van der Waals surface area (Å²) in [6.45, 7) is 2.12. The zero-order chi connectivity index (χ0) is 14.2. The van der Waals surface area contributed by atoms with Crippen LogP contribution in [0.15, 0.2) is 48.5 Å². The minimum atomic E-state index is 1.15. The van der Waals surface area contributed by atoms with Crippen LogP contribution in [0.1, 0.15) is 22.4 Å². The zero-order valence-electron chi connectivity index (χ0n) is 12.0. The van der Waals surface area contributed by atoms with Gasteiger partial charge in [-0.2, -0.15) is 0 Å². The molecule has 0 atom stereocenters. The molecule has 1 N–H and O–H groups in total. The van der Waals surface area contributed by atoms with Gasteiger partial charge < -0.3 is 5.32 Å². The van der Waals surface area contributed by atoms with Crippen LogP contribution in [0.2, 0.25) is 0 Å². The summed E-state index contributed by atoms with van der Waals surface area (Å²) in [4.78, 5) is 1.43. The molecule has 0 saturated carbocycles. The highest BCUT2D eigenvalue weighted by molar-refractivity contribution is 7.20. The van der Waals surface area contributed by atoms with Gasteiger partial charge >= 0.3 is 0 Å². The van der Waals surface area contributed by atoms with Crippen molar-refractivity contribution in [2.24, 2.45) is 0 Å². The van der Waals surface area contributed by atoms with Gasteiger partial charge in [0.2, 0.25) is 0 Å². The number of anilines is 2. The van der Waals surface area contributed by atoms with E-state index >= 15 is 0 Å². The second kappa shape index (κ2) is 5.05. The van der Waals surface area contributed by atoms with Gasteiger partial charge in [0.15, 0.2) is 0 Å². The van der Waals surface area contributed by atoms with E-state index in [0.29, 0.717) is 0 Å². The normalized spacial score (nSPS) is 13.4. The molecule has 3 aromatic rings. The van der Waals surface area contributed by atoms with Gasteiger partial charge in [-0.05, 0) is 72.7 Å². The minimum Gasteiger partial charge on any atom is -0.356 e. The Morgan fingerprint density at radius 3 is 2.86 bits per heavy atom. The van der Waals surface area contributed by atoms with Crippen molar-refractivity contribution >= 4 is 38.9 Å². The Hall–Kier alpha value is -2.06. The molecular formula is C19H17NS. The number of hydrogen-bond donors (Lipinski definition) is 1. The van der Waals surface area contributed by atoms with Crippen LogP contribution in [0, 0.1) is 6.92 Å². The number of hydrogen-bond acceptors (Lipinski definition) is 2. The van der Waals surface area contributed by atoms with E-state index in [2.05, 4.69) is 66.9 Å². The van der Waals surface area contributed by atoms with Crippen molar-refractivity contribution in [2.75, 3.05) is 5.32 Å². The highest BCUT2D eigenvalue weighted by Gasteiger charge is 2.12. The first-order valence-electron chi connectivity index (χ1n) is 7.35. The van der Waals surface area contributed by atoms with Crippen molar-refractivity contribution in [1.82, 2.24) is 0 Å². The molecule has 1 heterocycles. The van der Waals surface area contributed by atoms with Crippen molar-refractivity contribution in [1.29, 1.82) is 0 Å². The second-order valence-corrected chi connectivity index (χ2v) is 6.68. The average molecular weight is 291 g/mol. The fourth-order valence-corrected chi connectivity index (χ4v) is 4.11. The summed E-state index contributed by atoms with van der Waals surface area (Å²) < 4.78 is 1.39. The molecule has 0 bridgehead atoms. The van der Waals surface area contributed by atoms with Gasteiger partial charge in [-0.25, -0.2) is 0 Å². The van der Waals surface area contributed by atoms with Gasteiger partial charge in [-0.1, -0.05) is 18.2 Å². The Bertz CT molecular complexity index is 842. The maximum absolute atomic E-state index is 3.52. The van der Waals surface area contributed by atoms with Crippen molar-refractivity contribution in [3.8, 4) is 0 Å². The quantitative estimate of drug-likeness (QED) is 0.618. The van der Waals surface area contributed by atoms with Gasteiger partial charge in [0.05, 0.1) is 0 Å². The number of rotatable bonds is 2. The molecule has 1 aliphatic rings. The third kappa shape index (κ3) is 2.36. The van der Waals surface area contributed by atoms with Crippen LogP contribution in [-0.4, -0.2) is 0 Å². The first kappa shape index (κ1) is 12.7. The number of nitrogens with one attached hydrogen (secondary N) is 1. The average Bonchev–Trinajstić information content (AvgIpc) is 2.85. The Balaban J connectivity index is 1.75. The van der Waals surface area contributed by atoms with Crippen molar-refractivity contribution < 1.29 is 0 Å². The van der Waals surface area contributed by atoms with Gasteiger partial charge in [-0.15, -0.1) is 11.3 Å². The molecule has 1 nitrogen and oxygen atoms in total. The van der Waals surface area contributed by atoms with Crippen molar-refractivity contribution in [3.05, 3.63) is 64.5 Å². The highest BCUT2D eigenvalue weighted by Crippen LogP contribution is 2.37. The van der Waals surface area contributed by atoms with Crippen LogP contribution in [-0.2, 0) is 6.42 Å². The van der Waals surface area contributed by atoms with Crippen LogP contribution in [0.4, 0.5) is 11.4 Å². The minimum absolute atomic E-state index is 1.15. The first-order valence-corrected chi connectivity index (χ1v) is 8.17. The van der Waals surface area contributed by atoms with E-state index < -0.39 is 0 Å². The van der Waals surface area contributed by atoms with Crippen molar-refractivity contribution in [3.63, 3.8) is 0 Å². The van der Waals surface area contributed by atoms with E-state index in [4.69, 9.17) is 0 Å². The van der Waals surface area contributed by atoms with E-state index in [1.807, 2.05) is 11.3 Å². The monoisotopic (exact) mass is 291 g/mol. The molecule has 0 fully saturated rings. The lowest BCUT2D eigenvalue weighted by Crippen LogP contribution is -1.92. The standard InChI is InChI=1S/C19H17NS/c1-13-5-4-6-14(11-13)20-15-9-10-19-17(12-15)16-7-2-3-8-18(16)21-19/h3-6,8-12,20H,2,7H2,1H3. The van der Waals surface area contributed by atoms with Crippen LogP contribution in [0.3, 0.4) is 0 Å². The van der Waals surface area contributed by atoms with Crippen molar-refractivity contribution in [2.45, 2.75) is 19.8 Å². The molecule has 4 rings (SSSR count). The SMILES string of the molecule is Cc1cccc(Nc2ccc3sc4c(c3c2)CCC=C4)c1. The summed E-state index contributed by atoms with van der Waals surface area (Å²) in [6.07, 6.45) is 6.88. The molecule has 0 amide bonds. The summed E-state index contributed by atoms with van der Waals surface area (Å²) in [6, 6.07) is 15.2. The summed E-state index contributed by atoms with van der Waals surface area (Å²) in [5, 5.41) is 4.93. The maximum Gasteiger partial charge on any atom is 0.0391 e. The van der Waals surface area contributed by atoms with Gasteiger partial charge in [0.25, 0.3) is 0 Å². The molecule has 2 aromatic carbocycles. The van der Waals surface area contributed by atoms with Crippen LogP contribution in [0.5, 0.6) is 0 Å². The number of fused-ring (bicyclic) bond motifs is 3. The molecule has 104 valence electrons. The molecule has 1 aromatic heterocycles. The predicted molar refractivity (Wildman–Crippen MR) is 93.6 cm³/mol. The number of benzene rings is 2. The first-order chi connectivity index (χ1) is 10.3. The van der Waals surface area contributed by atoms with Gasteiger partial charge in [0.1, 0.15) is 0 Å². The fraction of sp³-hybridized carbons (Fsp3) is 0.158. The van der Waals surface area contributed by atoms with Crippen LogP contribution >= 0.6 is 11.3 Å². The van der Waals surface area contributed by atoms with E-state index in [9.17, 15) is 0 Å². The summed E-state index contributed by atoms with van der Waals surface area (Å²) in [5.74, 6) is 0. The van der Waals surface area contributed by atoms with Crippen LogP contribution < -0.4 is 5.32 Å². The Morgan fingerprint density at radius 2 is 1.95 bits per heavy atom. The lowest BCUT2D eigenvalue weighted by Gasteiger charge is -2.09. The molecule has 0 aliphatic heterocycles. The van der Waals surface area contributed by atoms with E-state index in [-0.39, 0.29) is 0 Å². The third-order valence-electron chi connectivity index (χ3n) is 3.96. The molecule has 2 heteroatoms. The lowest BCUT2D eigenvalue weighted by molar-refractivity contribution is 1.01. The van der Waals surface area contributed by atoms with E-state index in [1.54, 1.807) is 0 Å². The molecule has 0 saturated heterocycles. The molecule has 0 radical (unpaired) electrons. The van der Waals surface area contributed by atoms with E-state index in [0.717, 1.165) is 12.1 Å².